The number of rotatable bonds is 3. The molecule has 1 aromatic rings. The van der Waals surface area contributed by atoms with Crippen molar-refractivity contribution >= 4 is 5.91 Å². The molecular weight excluding hydrogens is 206 g/mol. The third-order valence-electron chi connectivity index (χ3n) is 3.00. The van der Waals surface area contributed by atoms with Crippen LogP contribution in [0.3, 0.4) is 0 Å². The first-order valence-electron chi connectivity index (χ1n) is 5.77. The molecule has 2 rings (SSSR count). The predicted molar refractivity (Wildman–Crippen MR) is 57.6 cm³/mol. The molecule has 1 saturated carbocycles. The number of hydrogen-bond donors (Lipinski definition) is 1. The molecule has 1 aliphatic rings. The molecule has 0 bridgehead atoms. The molecule has 1 N–H and O–H groups in total. The van der Waals surface area contributed by atoms with Gasteiger partial charge in [-0.2, -0.15) is 4.98 Å². The van der Waals surface area contributed by atoms with Gasteiger partial charge in [0.2, 0.25) is 11.8 Å². The van der Waals surface area contributed by atoms with E-state index in [9.17, 15) is 4.79 Å². The minimum atomic E-state index is -0.200. The van der Waals surface area contributed by atoms with E-state index in [0.29, 0.717) is 11.7 Å². The van der Waals surface area contributed by atoms with E-state index in [-0.39, 0.29) is 17.9 Å². The van der Waals surface area contributed by atoms with Gasteiger partial charge < -0.3 is 9.84 Å². The van der Waals surface area contributed by atoms with Gasteiger partial charge in [0, 0.05) is 5.92 Å². The molecule has 5 nitrogen and oxygen atoms in total. The van der Waals surface area contributed by atoms with Crippen LogP contribution in [-0.2, 0) is 4.79 Å². The molecule has 5 heteroatoms. The predicted octanol–water partition coefficient (Wildman–Crippen LogP) is 1.75. The van der Waals surface area contributed by atoms with Gasteiger partial charge in [-0.1, -0.05) is 18.0 Å². The number of amides is 1. The highest BCUT2D eigenvalue weighted by atomic mass is 16.5. The van der Waals surface area contributed by atoms with E-state index in [1.807, 2.05) is 6.92 Å². The Morgan fingerprint density at radius 2 is 2.19 bits per heavy atom. The molecule has 16 heavy (non-hydrogen) atoms. The summed E-state index contributed by atoms with van der Waals surface area (Å²) in [6.45, 7) is 3.62. The maximum Gasteiger partial charge on any atom is 0.248 e. The van der Waals surface area contributed by atoms with Gasteiger partial charge in [0.25, 0.3) is 0 Å². The maximum absolute atomic E-state index is 11.8. The van der Waals surface area contributed by atoms with Gasteiger partial charge in [-0.05, 0) is 26.7 Å². The molecule has 1 amide bonds. The summed E-state index contributed by atoms with van der Waals surface area (Å²) >= 11 is 0. The highest BCUT2D eigenvalue weighted by molar-refractivity contribution is 5.79. The zero-order valence-electron chi connectivity index (χ0n) is 9.69. The van der Waals surface area contributed by atoms with E-state index in [1.165, 1.54) is 0 Å². The second-order valence-corrected chi connectivity index (χ2v) is 4.39. The van der Waals surface area contributed by atoms with Crippen molar-refractivity contribution in [1.29, 1.82) is 0 Å². The average Bonchev–Trinajstić information content (AvgIpc) is 2.87. The maximum atomic E-state index is 11.8. The van der Waals surface area contributed by atoms with Crippen molar-refractivity contribution in [2.45, 2.75) is 45.6 Å². The molecule has 0 aliphatic heterocycles. The SMILES string of the molecule is Cc1noc(C(C)NC(=O)C2CCCC2)n1. The van der Waals surface area contributed by atoms with E-state index < -0.39 is 0 Å². The van der Waals surface area contributed by atoms with Crippen molar-refractivity contribution in [1.82, 2.24) is 15.5 Å². The molecule has 1 fully saturated rings. The number of hydrogen-bond acceptors (Lipinski definition) is 4. The summed E-state index contributed by atoms with van der Waals surface area (Å²) in [5.74, 6) is 1.35. The third kappa shape index (κ3) is 2.40. The molecule has 0 saturated heterocycles. The van der Waals surface area contributed by atoms with Crippen LogP contribution in [0, 0.1) is 12.8 Å². The van der Waals surface area contributed by atoms with Crippen molar-refractivity contribution < 1.29 is 9.32 Å². The smallest absolute Gasteiger partial charge is 0.248 e. The Kier molecular flexibility index (Phi) is 3.22. The number of aromatic nitrogens is 2. The number of carbonyl (C=O) groups is 1. The van der Waals surface area contributed by atoms with E-state index in [2.05, 4.69) is 15.5 Å². The number of carbonyl (C=O) groups excluding carboxylic acids is 1. The van der Waals surface area contributed by atoms with Crippen LogP contribution >= 0.6 is 0 Å². The lowest BCUT2D eigenvalue weighted by Crippen LogP contribution is -2.31. The summed E-state index contributed by atoms with van der Waals surface area (Å²) in [7, 11) is 0. The van der Waals surface area contributed by atoms with Crippen LogP contribution in [0.15, 0.2) is 4.52 Å². The zero-order valence-corrected chi connectivity index (χ0v) is 9.69. The van der Waals surface area contributed by atoms with Crippen LogP contribution in [-0.4, -0.2) is 16.0 Å². The first kappa shape index (κ1) is 11.1. The van der Waals surface area contributed by atoms with E-state index in [4.69, 9.17) is 4.52 Å². The monoisotopic (exact) mass is 223 g/mol. The highest BCUT2D eigenvalue weighted by Crippen LogP contribution is 2.25. The lowest BCUT2D eigenvalue weighted by molar-refractivity contribution is -0.125. The quantitative estimate of drug-likeness (QED) is 0.847. The summed E-state index contributed by atoms with van der Waals surface area (Å²) in [4.78, 5) is 15.9. The van der Waals surface area contributed by atoms with Crippen LogP contribution in [0.4, 0.5) is 0 Å². The molecule has 0 radical (unpaired) electrons. The first-order chi connectivity index (χ1) is 7.66. The number of nitrogens with one attached hydrogen (secondary N) is 1. The standard InChI is InChI=1S/C11H17N3O2/c1-7(11-13-8(2)14-16-11)12-10(15)9-5-3-4-6-9/h7,9H,3-6H2,1-2H3,(H,12,15). The fraction of sp³-hybridized carbons (Fsp3) is 0.727. The van der Waals surface area contributed by atoms with Crippen molar-refractivity contribution in [3.63, 3.8) is 0 Å². The Morgan fingerprint density at radius 1 is 1.50 bits per heavy atom. The van der Waals surface area contributed by atoms with E-state index in [0.717, 1.165) is 25.7 Å². The fourth-order valence-corrected chi connectivity index (χ4v) is 2.07. The molecule has 88 valence electrons. The van der Waals surface area contributed by atoms with Gasteiger partial charge in [-0.15, -0.1) is 0 Å². The Bertz CT molecular complexity index is 369. The van der Waals surface area contributed by atoms with Crippen molar-refractivity contribution in [2.24, 2.45) is 5.92 Å². The van der Waals surface area contributed by atoms with Crippen molar-refractivity contribution in [3.05, 3.63) is 11.7 Å². The van der Waals surface area contributed by atoms with Gasteiger partial charge in [0.1, 0.15) is 6.04 Å². The molecular formula is C11H17N3O2. The van der Waals surface area contributed by atoms with Gasteiger partial charge in [-0.3, -0.25) is 4.79 Å². The second-order valence-electron chi connectivity index (χ2n) is 4.39. The molecule has 0 spiro atoms. The summed E-state index contributed by atoms with van der Waals surface area (Å²) in [5, 5.41) is 6.62. The fourth-order valence-electron chi connectivity index (χ4n) is 2.07. The lowest BCUT2D eigenvalue weighted by atomic mass is 10.1. The normalized spacial score (nSPS) is 18.6. The van der Waals surface area contributed by atoms with Gasteiger partial charge in [0.15, 0.2) is 5.82 Å². The Hall–Kier alpha value is -1.39. The average molecular weight is 223 g/mol. The Balaban J connectivity index is 1.91. The first-order valence-corrected chi connectivity index (χ1v) is 5.77. The zero-order chi connectivity index (χ0) is 11.5. The molecule has 1 aliphatic carbocycles. The minimum absolute atomic E-state index is 0.112. The van der Waals surface area contributed by atoms with E-state index in [1.54, 1.807) is 6.92 Å². The van der Waals surface area contributed by atoms with Gasteiger partial charge >= 0.3 is 0 Å². The van der Waals surface area contributed by atoms with Crippen LogP contribution in [0.5, 0.6) is 0 Å². The molecule has 1 aromatic heterocycles. The van der Waals surface area contributed by atoms with Gasteiger partial charge in [-0.25, -0.2) is 0 Å². The van der Waals surface area contributed by atoms with E-state index >= 15 is 0 Å². The summed E-state index contributed by atoms with van der Waals surface area (Å²) in [5.41, 5.74) is 0. The number of aryl methyl sites for hydroxylation is 1. The molecule has 1 heterocycles. The Morgan fingerprint density at radius 3 is 2.75 bits per heavy atom. The second kappa shape index (κ2) is 4.63. The largest absolute Gasteiger partial charge is 0.344 e. The number of nitrogens with zero attached hydrogens (tertiary/aromatic N) is 2. The van der Waals surface area contributed by atoms with Crippen LogP contribution in [0.2, 0.25) is 0 Å². The van der Waals surface area contributed by atoms with Crippen LogP contribution in [0.25, 0.3) is 0 Å². The molecule has 0 aromatic carbocycles. The Labute approximate surface area is 94.6 Å². The van der Waals surface area contributed by atoms with Crippen LogP contribution in [0.1, 0.15) is 50.4 Å². The topological polar surface area (TPSA) is 68.0 Å². The lowest BCUT2D eigenvalue weighted by Gasteiger charge is -2.13. The summed E-state index contributed by atoms with van der Waals surface area (Å²) < 4.78 is 5.01. The third-order valence-corrected chi connectivity index (χ3v) is 3.00. The minimum Gasteiger partial charge on any atom is -0.344 e. The molecule has 1 unspecified atom stereocenters. The van der Waals surface area contributed by atoms with Crippen molar-refractivity contribution in [2.75, 3.05) is 0 Å². The molecule has 1 atom stereocenters. The van der Waals surface area contributed by atoms with Crippen molar-refractivity contribution in [3.8, 4) is 0 Å². The highest BCUT2D eigenvalue weighted by Gasteiger charge is 2.25. The van der Waals surface area contributed by atoms with Crippen LogP contribution < -0.4 is 5.32 Å². The van der Waals surface area contributed by atoms with Gasteiger partial charge in [0.05, 0.1) is 0 Å². The summed E-state index contributed by atoms with van der Waals surface area (Å²) in [6.07, 6.45) is 4.32. The summed E-state index contributed by atoms with van der Waals surface area (Å²) in [6, 6.07) is -0.200.